The number of likely N-dealkylation sites (tertiary alicyclic amines) is 1. The molecule has 2 atom stereocenters. The van der Waals surface area contributed by atoms with E-state index in [4.69, 9.17) is 5.73 Å². The van der Waals surface area contributed by atoms with Crippen LogP contribution in [0.15, 0.2) is 0 Å². The molecule has 0 spiro atoms. The molecule has 1 saturated carbocycles. The van der Waals surface area contributed by atoms with E-state index in [1.54, 1.807) is 0 Å². The number of rotatable bonds is 7. The zero-order valence-electron chi connectivity index (χ0n) is 15.7. The van der Waals surface area contributed by atoms with Crippen molar-refractivity contribution in [3.63, 3.8) is 0 Å². The molecule has 5 nitrogen and oxygen atoms in total. The van der Waals surface area contributed by atoms with E-state index in [0.717, 1.165) is 31.7 Å². The van der Waals surface area contributed by atoms with Gasteiger partial charge in [-0.15, -0.1) is 12.4 Å². The van der Waals surface area contributed by atoms with Gasteiger partial charge in [0.1, 0.15) is 0 Å². The van der Waals surface area contributed by atoms with Crippen LogP contribution in [0.1, 0.15) is 71.1 Å². The Labute approximate surface area is 158 Å². The molecule has 1 heterocycles. The SMILES string of the molecule is CC(CC(=O)N1CCCCC1CNC(=O)CCN)C1CCCCC1.Cl. The highest BCUT2D eigenvalue weighted by Gasteiger charge is 2.29. The van der Waals surface area contributed by atoms with Gasteiger partial charge in [0.05, 0.1) is 0 Å². The lowest BCUT2D eigenvalue weighted by Gasteiger charge is -2.37. The second-order valence-corrected chi connectivity index (χ2v) is 7.66. The lowest BCUT2D eigenvalue weighted by atomic mass is 9.79. The molecule has 1 aliphatic heterocycles. The predicted molar refractivity (Wildman–Crippen MR) is 104 cm³/mol. The Hall–Kier alpha value is -0.810. The minimum atomic E-state index is -0.00829. The third-order valence-corrected chi connectivity index (χ3v) is 5.80. The number of nitrogens with one attached hydrogen (secondary N) is 1. The molecule has 6 heteroatoms. The smallest absolute Gasteiger partial charge is 0.223 e. The van der Waals surface area contributed by atoms with Crippen molar-refractivity contribution in [2.75, 3.05) is 19.6 Å². The quantitative estimate of drug-likeness (QED) is 0.720. The number of carbonyl (C=O) groups is 2. The van der Waals surface area contributed by atoms with Gasteiger partial charge in [0.2, 0.25) is 11.8 Å². The standard InChI is InChI=1S/C19H35N3O2.ClH/c1-15(16-7-3-2-4-8-16)13-19(24)22-12-6-5-9-17(22)14-21-18(23)10-11-20;/h15-17H,2-14,20H2,1H3,(H,21,23);1H. The first-order valence-electron chi connectivity index (χ1n) is 9.88. The van der Waals surface area contributed by atoms with Gasteiger partial charge >= 0.3 is 0 Å². The van der Waals surface area contributed by atoms with Crippen LogP contribution in [0.3, 0.4) is 0 Å². The van der Waals surface area contributed by atoms with Crippen molar-refractivity contribution in [3.05, 3.63) is 0 Å². The summed E-state index contributed by atoms with van der Waals surface area (Å²) in [5.74, 6) is 1.47. The molecule has 0 aromatic carbocycles. The van der Waals surface area contributed by atoms with Crippen LogP contribution < -0.4 is 11.1 Å². The van der Waals surface area contributed by atoms with Gasteiger partial charge in [-0.3, -0.25) is 9.59 Å². The highest BCUT2D eigenvalue weighted by Crippen LogP contribution is 2.32. The molecular weight excluding hydrogens is 338 g/mol. The van der Waals surface area contributed by atoms with E-state index in [1.165, 1.54) is 32.1 Å². The second kappa shape index (κ2) is 11.7. The van der Waals surface area contributed by atoms with Crippen LogP contribution >= 0.6 is 12.4 Å². The van der Waals surface area contributed by atoms with Crippen molar-refractivity contribution in [3.8, 4) is 0 Å². The maximum absolute atomic E-state index is 12.8. The predicted octanol–water partition coefficient (Wildman–Crippen LogP) is 2.86. The van der Waals surface area contributed by atoms with E-state index < -0.39 is 0 Å². The highest BCUT2D eigenvalue weighted by atomic mass is 35.5. The average molecular weight is 374 g/mol. The third-order valence-electron chi connectivity index (χ3n) is 5.80. The molecule has 2 unspecified atom stereocenters. The van der Waals surface area contributed by atoms with Crippen LogP contribution in [-0.4, -0.2) is 42.4 Å². The molecule has 0 radical (unpaired) electrons. The van der Waals surface area contributed by atoms with Crippen molar-refractivity contribution in [1.29, 1.82) is 0 Å². The van der Waals surface area contributed by atoms with Crippen LogP contribution in [0.4, 0.5) is 0 Å². The van der Waals surface area contributed by atoms with Crippen molar-refractivity contribution in [2.45, 2.75) is 77.2 Å². The summed E-state index contributed by atoms with van der Waals surface area (Å²) in [4.78, 5) is 26.5. The Bertz CT molecular complexity index is 413. The lowest BCUT2D eigenvalue weighted by molar-refractivity contribution is -0.136. The monoisotopic (exact) mass is 373 g/mol. The molecule has 0 aromatic heterocycles. The van der Waals surface area contributed by atoms with Gasteiger partial charge in [-0.2, -0.15) is 0 Å². The summed E-state index contributed by atoms with van der Waals surface area (Å²) in [5, 5.41) is 2.94. The first-order valence-corrected chi connectivity index (χ1v) is 9.88. The topological polar surface area (TPSA) is 75.4 Å². The minimum absolute atomic E-state index is 0. The van der Waals surface area contributed by atoms with Gasteiger partial charge in [-0.05, 0) is 31.1 Å². The molecule has 1 saturated heterocycles. The lowest BCUT2D eigenvalue weighted by Crippen LogP contribution is -2.50. The second-order valence-electron chi connectivity index (χ2n) is 7.66. The molecule has 2 aliphatic rings. The average Bonchev–Trinajstić information content (AvgIpc) is 2.61. The fourth-order valence-corrected chi connectivity index (χ4v) is 4.25. The first kappa shape index (κ1) is 22.2. The highest BCUT2D eigenvalue weighted by molar-refractivity contribution is 5.85. The van der Waals surface area contributed by atoms with Gasteiger partial charge in [0, 0.05) is 38.5 Å². The zero-order valence-corrected chi connectivity index (χ0v) is 16.5. The van der Waals surface area contributed by atoms with Crippen LogP contribution in [0.5, 0.6) is 0 Å². The van der Waals surface area contributed by atoms with Gasteiger partial charge in [-0.1, -0.05) is 39.0 Å². The number of carbonyl (C=O) groups excluding carboxylic acids is 2. The summed E-state index contributed by atoms with van der Waals surface area (Å²) in [5.41, 5.74) is 5.41. The van der Waals surface area contributed by atoms with E-state index >= 15 is 0 Å². The largest absolute Gasteiger partial charge is 0.354 e. The van der Waals surface area contributed by atoms with Gasteiger partial charge in [0.15, 0.2) is 0 Å². The van der Waals surface area contributed by atoms with Crippen molar-refractivity contribution < 1.29 is 9.59 Å². The number of hydrogen-bond donors (Lipinski definition) is 2. The van der Waals surface area contributed by atoms with E-state index in [1.807, 2.05) is 4.90 Å². The molecule has 0 bridgehead atoms. The number of nitrogens with zero attached hydrogens (tertiary/aromatic N) is 1. The number of piperidine rings is 1. The Morgan fingerprint density at radius 3 is 2.48 bits per heavy atom. The van der Waals surface area contributed by atoms with Crippen LogP contribution in [0.2, 0.25) is 0 Å². The van der Waals surface area contributed by atoms with E-state index in [2.05, 4.69) is 12.2 Å². The van der Waals surface area contributed by atoms with Crippen molar-refractivity contribution in [1.82, 2.24) is 10.2 Å². The van der Waals surface area contributed by atoms with Crippen molar-refractivity contribution in [2.24, 2.45) is 17.6 Å². The molecule has 25 heavy (non-hydrogen) atoms. The third kappa shape index (κ3) is 7.14. The number of hydrogen-bond acceptors (Lipinski definition) is 3. The number of halogens is 1. The van der Waals surface area contributed by atoms with E-state index in [9.17, 15) is 9.59 Å². The maximum Gasteiger partial charge on any atom is 0.223 e. The van der Waals surface area contributed by atoms with E-state index in [-0.39, 0.29) is 30.3 Å². The van der Waals surface area contributed by atoms with Gasteiger partial charge in [0.25, 0.3) is 0 Å². The normalized spacial score (nSPS) is 22.8. The summed E-state index contributed by atoms with van der Waals surface area (Å²) in [6.45, 7) is 4.03. The summed E-state index contributed by atoms with van der Waals surface area (Å²) in [6.07, 6.45) is 10.8. The van der Waals surface area contributed by atoms with Gasteiger partial charge in [-0.25, -0.2) is 0 Å². The Morgan fingerprint density at radius 2 is 1.80 bits per heavy atom. The fraction of sp³-hybridized carbons (Fsp3) is 0.895. The number of amides is 2. The van der Waals surface area contributed by atoms with Crippen LogP contribution in [0, 0.1) is 11.8 Å². The van der Waals surface area contributed by atoms with Gasteiger partial charge < -0.3 is 16.0 Å². The first-order chi connectivity index (χ1) is 11.6. The summed E-state index contributed by atoms with van der Waals surface area (Å²) in [7, 11) is 0. The Balaban J connectivity index is 0.00000312. The molecule has 146 valence electrons. The minimum Gasteiger partial charge on any atom is -0.354 e. The van der Waals surface area contributed by atoms with Crippen LogP contribution in [0.25, 0.3) is 0 Å². The fourth-order valence-electron chi connectivity index (χ4n) is 4.25. The molecule has 2 amide bonds. The maximum atomic E-state index is 12.8. The summed E-state index contributed by atoms with van der Waals surface area (Å²) < 4.78 is 0. The van der Waals surface area contributed by atoms with Crippen molar-refractivity contribution >= 4 is 24.2 Å². The summed E-state index contributed by atoms with van der Waals surface area (Å²) >= 11 is 0. The van der Waals surface area contributed by atoms with Crippen LogP contribution in [-0.2, 0) is 9.59 Å². The molecule has 2 fully saturated rings. The van der Waals surface area contributed by atoms with E-state index in [0.29, 0.717) is 31.8 Å². The molecule has 2 rings (SSSR count). The zero-order chi connectivity index (χ0) is 17.4. The Kier molecular flexibility index (Phi) is 10.4. The molecular formula is C19H36ClN3O2. The molecule has 3 N–H and O–H groups in total. The summed E-state index contributed by atoms with van der Waals surface area (Å²) in [6, 6.07) is 0.159. The Morgan fingerprint density at radius 1 is 1.12 bits per heavy atom. The number of nitrogens with two attached hydrogens (primary N) is 1. The molecule has 1 aliphatic carbocycles. The molecule has 0 aromatic rings.